The molecule has 1 aromatic heterocycles. The van der Waals surface area contributed by atoms with Crippen molar-refractivity contribution in [2.75, 3.05) is 11.1 Å². The Morgan fingerprint density at radius 1 is 1.35 bits per heavy atom. The fourth-order valence-corrected chi connectivity index (χ4v) is 2.07. The van der Waals surface area contributed by atoms with E-state index in [1.807, 2.05) is 13.0 Å². The number of rotatable bonds is 3. The van der Waals surface area contributed by atoms with E-state index in [0.29, 0.717) is 16.4 Å². The fraction of sp³-hybridized carbons (Fsp3) is 0.143. The van der Waals surface area contributed by atoms with Crippen molar-refractivity contribution in [2.45, 2.75) is 13.5 Å². The number of halogens is 1. The summed E-state index contributed by atoms with van der Waals surface area (Å²) >= 11 is 6.03. The van der Waals surface area contributed by atoms with Crippen molar-refractivity contribution >= 4 is 28.9 Å². The molecular weight excluding hydrogens is 278 g/mol. The van der Waals surface area contributed by atoms with Crippen LogP contribution in [0.15, 0.2) is 41.3 Å². The minimum absolute atomic E-state index is 0.117. The minimum atomic E-state index is -0.339. The number of carbonyl (C=O) groups is 1. The molecule has 0 aliphatic rings. The molecule has 2 aromatic rings. The van der Waals surface area contributed by atoms with Crippen molar-refractivity contribution in [1.82, 2.24) is 4.57 Å². The molecule has 0 fully saturated rings. The standard InChI is InChI=1S/C14H14ClN3O2/c1-9-3-2-4-11(15)14(9)17-12(19)8-18-7-10(16)5-6-13(18)20/h2-7H,8,16H2,1H3,(H,17,19). The van der Waals surface area contributed by atoms with Gasteiger partial charge in [0.15, 0.2) is 0 Å². The number of benzene rings is 1. The van der Waals surface area contributed by atoms with Gasteiger partial charge in [0.25, 0.3) is 5.56 Å². The second-order valence-electron chi connectivity index (χ2n) is 4.41. The van der Waals surface area contributed by atoms with Gasteiger partial charge in [-0.05, 0) is 24.6 Å². The number of amides is 1. The lowest BCUT2D eigenvalue weighted by Gasteiger charge is -2.11. The van der Waals surface area contributed by atoms with Crippen molar-refractivity contribution in [2.24, 2.45) is 0 Å². The molecular formula is C14H14ClN3O2. The average Bonchev–Trinajstić information content (AvgIpc) is 2.38. The maximum absolute atomic E-state index is 12.0. The zero-order valence-corrected chi connectivity index (χ0v) is 11.6. The summed E-state index contributed by atoms with van der Waals surface area (Å²) < 4.78 is 1.25. The number of aromatic nitrogens is 1. The second-order valence-corrected chi connectivity index (χ2v) is 4.82. The highest BCUT2D eigenvalue weighted by atomic mass is 35.5. The van der Waals surface area contributed by atoms with Gasteiger partial charge in [0.05, 0.1) is 10.7 Å². The van der Waals surface area contributed by atoms with Crippen LogP contribution in [-0.4, -0.2) is 10.5 Å². The predicted octanol–water partition coefficient (Wildman–Crippen LogP) is 2.03. The Morgan fingerprint density at radius 3 is 2.80 bits per heavy atom. The highest BCUT2D eigenvalue weighted by molar-refractivity contribution is 6.33. The Hall–Kier alpha value is -2.27. The van der Waals surface area contributed by atoms with E-state index < -0.39 is 0 Å². The zero-order chi connectivity index (χ0) is 14.7. The lowest BCUT2D eigenvalue weighted by atomic mass is 10.2. The summed E-state index contributed by atoms with van der Waals surface area (Å²) in [5.74, 6) is -0.339. The van der Waals surface area contributed by atoms with E-state index in [4.69, 9.17) is 17.3 Å². The van der Waals surface area contributed by atoms with Gasteiger partial charge in [-0.3, -0.25) is 9.59 Å². The topological polar surface area (TPSA) is 77.1 Å². The molecule has 6 heteroatoms. The monoisotopic (exact) mass is 291 g/mol. The molecule has 1 heterocycles. The molecule has 0 aliphatic heterocycles. The summed E-state index contributed by atoms with van der Waals surface area (Å²) in [4.78, 5) is 23.6. The van der Waals surface area contributed by atoms with E-state index in [0.717, 1.165) is 5.56 Å². The molecule has 1 amide bonds. The van der Waals surface area contributed by atoms with Crippen molar-refractivity contribution in [3.05, 3.63) is 57.5 Å². The van der Waals surface area contributed by atoms with Crippen LogP contribution in [0.5, 0.6) is 0 Å². The minimum Gasteiger partial charge on any atom is -0.398 e. The van der Waals surface area contributed by atoms with Crippen molar-refractivity contribution < 1.29 is 4.79 Å². The van der Waals surface area contributed by atoms with E-state index >= 15 is 0 Å². The van der Waals surface area contributed by atoms with Gasteiger partial charge >= 0.3 is 0 Å². The number of nitrogen functional groups attached to an aromatic ring is 1. The number of hydrogen-bond acceptors (Lipinski definition) is 3. The van der Waals surface area contributed by atoms with Gasteiger partial charge in [-0.1, -0.05) is 23.7 Å². The lowest BCUT2D eigenvalue weighted by Crippen LogP contribution is -2.27. The van der Waals surface area contributed by atoms with Crippen LogP contribution in [0.25, 0.3) is 0 Å². The van der Waals surface area contributed by atoms with Crippen LogP contribution in [0.2, 0.25) is 5.02 Å². The highest BCUT2D eigenvalue weighted by Crippen LogP contribution is 2.25. The zero-order valence-electron chi connectivity index (χ0n) is 10.9. The summed E-state index contributed by atoms with van der Waals surface area (Å²) in [6.45, 7) is 1.72. The third kappa shape index (κ3) is 3.19. The number of pyridine rings is 1. The quantitative estimate of drug-likeness (QED) is 0.908. The number of anilines is 2. The third-order valence-electron chi connectivity index (χ3n) is 2.81. The van der Waals surface area contributed by atoms with E-state index in [1.54, 1.807) is 12.1 Å². The average molecular weight is 292 g/mol. The van der Waals surface area contributed by atoms with E-state index in [9.17, 15) is 9.59 Å². The molecule has 2 rings (SSSR count). The van der Waals surface area contributed by atoms with Gasteiger partial charge in [-0.2, -0.15) is 0 Å². The Kier molecular flexibility index (Phi) is 4.10. The highest BCUT2D eigenvalue weighted by Gasteiger charge is 2.09. The Balaban J connectivity index is 2.17. The first-order valence-corrected chi connectivity index (χ1v) is 6.36. The van der Waals surface area contributed by atoms with Crippen LogP contribution in [0.1, 0.15) is 5.56 Å². The van der Waals surface area contributed by atoms with Crippen LogP contribution in [0, 0.1) is 6.92 Å². The molecule has 104 valence electrons. The molecule has 0 atom stereocenters. The molecule has 0 saturated carbocycles. The second kappa shape index (κ2) is 5.79. The van der Waals surface area contributed by atoms with Crippen LogP contribution < -0.4 is 16.6 Å². The van der Waals surface area contributed by atoms with Crippen molar-refractivity contribution in [3.8, 4) is 0 Å². The maximum atomic E-state index is 12.0. The molecule has 0 radical (unpaired) electrons. The molecule has 3 N–H and O–H groups in total. The summed E-state index contributed by atoms with van der Waals surface area (Å²) in [5, 5.41) is 3.16. The van der Waals surface area contributed by atoms with Crippen LogP contribution >= 0.6 is 11.6 Å². The fourth-order valence-electron chi connectivity index (χ4n) is 1.80. The van der Waals surface area contributed by atoms with Gasteiger partial charge in [-0.25, -0.2) is 0 Å². The first-order chi connectivity index (χ1) is 9.47. The third-order valence-corrected chi connectivity index (χ3v) is 3.12. The number of hydrogen-bond donors (Lipinski definition) is 2. The Morgan fingerprint density at radius 2 is 2.10 bits per heavy atom. The molecule has 20 heavy (non-hydrogen) atoms. The van der Waals surface area contributed by atoms with Gasteiger partial charge in [-0.15, -0.1) is 0 Å². The SMILES string of the molecule is Cc1cccc(Cl)c1NC(=O)Cn1cc(N)ccc1=O. The lowest BCUT2D eigenvalue weighted by molar-refractivity contribution is -0.116. The normalized spacial score (nSPS) is 10.3. The number of para-hydroxylation sites is 1. The molecule has 0 bridgehead atoms. The van der Waals surface area contributed by atoms with Crippen LogP contribution in [0.4, 0.5) is 11.4 Å². The summed E-state index contributed by atoms with van der Waals surface area (Å²) in [6.07, 6.45) is 1.43. The summed E-state index contributed by atoms with van der Waals surface area (Å²) in [7, 11) is 0. The summed E-state index contributed by atoms with van der Waals surface area (Å²) in [6, 6.07) is 8.15. The number of aryl methyl sites for hydroxylation is 1. The maximum Gasteiger partial charge on any atom is 0.251 e. The number of carbonyl (C=O) groups excluding carboxylic acids is 1. The molecule has 0 saturated heterocycles. The Bertz CT molecular complexity index is 690. The molecule has 0 unspecified atom stereocenters. The number of nitrogens with zero attached hydrogens (tertiary/aromatic N) is 1. The van der Waals surface area contributed by atoms with Gasteiger partial charge in [0, 0.05) is 18.0 Å². The predicted molar refractivity (Wildman–Crippen MR) is 79.9 cm³/mol. The van der Waals surface area contributed by atoms with Crippen LogP contribution in [0.3, 0.4) is 0 Å². The Labute approximate surface area is 121 Å². The first-order valence-electron chi connectivity index (χ1n) is 5.98. The summed E-state index contributed by atoms with van der Waals surface area (Å²) in [5.41, 5.74) is 7.13. The van der Waals surface area contributed by atoms with Crippen molar-refractivity contribution in [3.63, 3.8) is 0 Å². The van der Waals surface area contributed by atoms with E-state index in [-0.39, 0.29) is 18.0 Å². The molecule has 1 aromatic carbocycles. The van der Waals surface area contributed by atoms with Crippen molar-refractivity contribution in [1.29, 1.82) is 0 Å². The van der Waals surface area contributed by atoms with Gasteiger partial charge in [0.2, 0.25) is 5.91 Å². The molecule has 0 spiro atoms. The van der Waals surface area contributed by atoms with E-state index in [2.05, 4.69) is 5.32 Å². The van der Waals surface area contributed by atoms with Crippen LogP contribution in [-0.2, 0) is 11.3 Å². The number of nitrogens with two attached hydrogens (primary N) is 1. The van der Waals surface area contributed by atoms with Gasteiger partial charge < -0.3 is 15.6 Å². The largest absolute Gasteiger partial charge is 0.398 e. The smallest absolute Gasteiger partial charge is 0.251 e. The van der Waals surface area contributed by atoms with E-state index in [1.165, 1.54) is 22.9 Å². The number of nitrogens with one attached hydrogen (secondary N) is 1. The first kappa shape index (κ1) is 14.1. The van der Waals surface area contributed by atoms with Gasteiger partial charge in [0.1, 0.15) is 6.54 Å². The molecule has 0 aliphatic carbocycles. The molecule has 5 nitrogen and oxygen atoms in total.